The molecule has 3 atom stereocenters. The van der Waals surface area contributed by atoms with Gasteiger partial charge >= 0.3 is 0 Å². The summed E-state index contributed by atoms with van der Waals surface area (Å²) in [5.41, 5.74) is 4.00. The molecule has 2 saturated carbocycles. The molecule has 1 saturated heterocycles. The van der Waals surface area contributed by atoms with Gasteiger partial charge in [-0.25, -0.2) is 14.1 Å². The van der Waals surface area contributed by atoms with E-state index in [0.717, 1.165) is 30.4 Å². The number of hydrogen-bond donors (Lipinski definition) is 1. The molecule has 0 radical (unpaired) electrons. The van der Waals surface area contributed by atoms with Crippen molar-refractivity contribution >= 4 is 17.6 Å². The lowest BCUT2D eigenvalue weighted by Gasteiger charge is -2.36. The number of nitriles is 1. The minimum atomic E-state index is -0.505. The van der Waals surface area contributed by atoms with Gasteiger partial charge in [0.25, 0.3) is 5.91 Å². The lowest BCUT2D eigenvalue weighted by atomic mass is 9.74. The highest BCUT2D eigenvalue weighted by Gasteiger charge is 2.53. The number of aryl methyl sites for hydroxylation is 1. The van der Waals surface area contributed by atoms with E-state index in [1.54, 1.807) is 19.3 Å². The Kier molecular flexibility index (Phi) is 5.74. The molecule has 38 heavy (non-hydrogen) atoms. The van der Waals surface area contributed by atoms with Crippen molar-refractivity contribution in [3.63, 3.8) is 0 Å². The van der Waals surface area contributed by atoms with E-state index in [9.17, 15) is 14.9 Å². The van der Waals surface area contributed by atoms with Crippen molar-refractivity contribution < 1.29 is 14.0 Å². The minimum Gasteiger partial charge on any atom is -0.348 e. The Morgan fingerprint density at radius 2 is 2.05 bits per heavy atom. The van der Waals surface area contributed by atoms with Crippen LogP contribution in [0.15, 0.2) is 30.6 Å². The van der Waals surface area contributed by atoms with Crippen LogP contribution in [0.5, 0.6) is 0 Å². The summed E-state index contributed by atoms with van der Waals surface area (Å²) in [5, 5.41) is 20.6. The summed E-state index contributed by atoms with van der Waals surface area (Å²) >= 11 is 0. The van der Waals surface area contributed by atoms with Gasteiger partial charge in [0, 0.05) is 30.3 Å². The fourth-order valence-electron chi connectivity index (χ4n) is 5.74. The zero-order valence-electron chi connectivity index (χ0n) is 21.5. The van der Waals surface area contributed by atoms with Gasteiger partial charge in [-0.3, -0.25) is 14.5 Å². The Bertz CT molecular complexity index is 1500. The Morgan fingerprint density at radius 3 is 2.76 bits per heavy atom. The molecule has 0 spiro atoms. The Labute approximate surface area is 219 Å². The number of piperidine rings is 1. The second kappa shape index (κ2) is 9.01. The molecule has 3 aliphatic rings. The molecule has 10 heteroatoms. The highest BCUT2D eigenvalue weighted by atomic mass is 19.1. The fourth-order valence-corrected chi connectivity index (χ4v) is 5.74. The molecule has 1 aliphatic heterocycles. The number of amides is 2. The van der Waals surface area contributed by atoms with Gasteiger partial charge in [0.05, 0.1) is 23.9 Å². The van der Waals surface area contributed by atoms with Crippen LogP contribution in [0.3, 0.4) is 0 Å². The van der Waals surface area contributed by atoms with Gasteiger partial charge < -0.3 is 5.32 Å². The molecular weight excluding hydrogens is 485 g/mol. The van der Waals surface area contributed by atoms with Gasteiger partial charge in [-0.05, 0) is 69.1 Å². The van der Waals surface area contributed by atoms with Crippen molar-refractivity contribution in [2.75, 3.05) is 11.4 Å². The summed E-state index contributed by atoms with van der Waals surface area (Å²) in [6, 6.07) is 7.66. The fraction of sp³-hybridized carbons (Fsp3) is 0.429. The number of fused-ring (bicyclic) bond motifs is 1. The monoisotopic (exact) mass is 513 g/mol. The van der Waals surface area contributed by atoms with Crippen molar-refractivity contribution in [1.82, 2.24) is 25.3 Å². The highest BCUT2D eigenvalue weighted by Crippen LogP contribution is 2.47. The van der Waals surface area contributed by atoms with Crippen LogP contribution in [0, 0.1) is 42.8 Å². The normalized spacial score (nSPS) is 24.4. The molecule has 3 heterocycles. The van der Waals surface area contributed by atoms with Crippen molar-refractivity contribution in [3.05, 3.63) is 69.9 Å². The molecule has 0 bridgehead atoms. The van der Waals surface area contributed by atoms with Crippen molar-refractivity contribution in [1.29, 1.82) is 5.26 Å². The molecule has 3 fully saturated rings. The van der Waals surface area contributed by atoms with E-state index >= 15 is 4.39 Å². The van der Waals surface area contributed by atoms with E-state index in [4.69, 9.17) is 0 Å². The first-order chi connectivity index (χ1) is 18.2. The summed E-state index contributed by atoms with van der Waals surface area (Å²) in [7, 11) is 0. The van der Waals surface area contributed by atoms with Crippen molar-refractivity contribution in [2.45, 2.75) is 58.0 Å². The number of nitrogens with one attached hydrogen (secondary N) is 1. The summed E-state index contributed by atoms with van der Waals surface area (Å²) in [5.74, 6) is -0.199. The maximum Gasteiger partial charge on any atom is 0.273 e. The number of nitrogens with zero attached hydrogens (tertiary/aromatic N) is 6. The number of hydrogen-bond acceptors (Lipinski definition) is 6. The van der Waals surface area contributed by atoms with Crippen LogP contribution in [0.1, 0.15) is 76.5 Å². The van der Waals surface area contributed by atoms with E-state index < -0.39 is 11.9 Å². The first-order valence-corrected chi connectivity index (χ1v) is 12.9. The van der Waals surface area contributed by atoms with Crippen LogP contribution in [0.25, 0.3) is 0 Å². The van der Waals surface area contributed by atoms with E-state index in [1.165, 1.54) is 9.58 Å². The smallest absolute Gasteiger partial charge is 0.273 e. The topological polar surface area (TPSA) is 117 Å². The number of anilines is 1. The molecule has 1 aromatic carbocycles. The predicted octanol–water partition coefficient (Wildman–Crippen LogP) is 3.57. The van der Waals surface area contributed by atoms with Gasteiger partial charge in [-0.1, -0.05) is 22.9 Å². The van der Waals surface area contributed by atoms with Crippen LogP contribution in [-0.4, -0.2) is 44.4 Å². The van der Waals surface area contributed by atoms with Crippen molar-refractivity contribution in [3.8, 4) is 6.07 Å². The molecule has 9 nitrogen and oxygen atoms in total. The Morgan fingerprint density at radius 1 is 1.26 bits per heavy atom. The second-order valence-electron chi connectivity index (χ2n) is 10.8. The van der Waals surface area contributed by atoms with Crippen LogP contribution in [0.4, 0.5) is 10.2 Å². The van der Waals surface area contributed by atoms with E-state index in [1.807, 2.05) is 32.0 Å². The van der Waals surface area contributed by atoms with Gasteiger partial charge in [-0.15, -0.1) is 5.10 Å². The average molecular weight is 514 g/mol. The number of benzene rings is 1. The van der Waals surface area contributed by atoms with E-state index in [-0.39, 0.29) is 41.2 Å². The lowest BCUT2D eigenvalue weighted by molar-refractivity contribution is -0.118. The summed E-state index contributed by atoms with van der Waals surface area (Å²) in [6.07, 6.45) is 5.53. The van der Waals surface area contributed by atoms with Gasteiger partial charge in [0.15, 0.2) is 17.3 Å². The molecule has 2 aromatic heterocycles. The molecule has 2 amide bonds. The van der Waals surface area contributed by atoms with Gasteiger partial charge in [0.1, 0.15) is 0 Å². The number of carbonyl (C=O) groups excluding carboxylic acids is 2. The third-order valence-electron chi connectivity index (χ3n) is 8.29. The van der Waals surface area contributed by atoms with Gasteiger partial charge in [0.2, 0.25) is 5.91 Å². The molecule has 194 valence electrons. The Balaban J connectivity index is 1.11. The van der Waals surface area contributed by atoms with E-state index in [2.05, 4.69) is 26.7 Å². The highest BCUT2D eigenvalue weighted by molar-refractivity contribution is 5.99. The quantitative estimate of drug-likeness (QED) is 0.539. The van der Waals surface area contributed by atoms with Crippen molar-refractivity contribution in [2.24, 2.45) is 11.8 Å². The first kappa shape index (κ1) is 24.2. The third kappa shape index (κ3) is 4.02. The SMILES string of the molecule is Cc1ccc(C#N)c([C@H]2C[C@@H](NC(=O)c3cn(C(C)c4cnc(N5C[C@H]6C[C@H]6C5=O)c(F)c4C)nn3)C2)c1. The third-order valence-corrected chi connectivity index (χ3v) is 8.29. The standard InChI is InChI=1S/C28H28FN7O2/c1-14-4-5-17(10-30)21(6-14)18-7-20(8-18)32-27(37)24-13-36(34-33-24)16(3)23-11-31-26(25(29)15(23)2)35-12-19-9-22(19)28(35)38/h4-6,11,13,16,18-20,22H,7-9,12H2,1-3H3,(H,32,37)/t16?,18-,19-,20+,22-/m1/s1. The molecule has 3 aromatic rings. The number of pyridine rings is 1. The molecular formula is C28H28FN7O2. The summed E-state index contributed by atoms with van der Waals surface area (Å²) in [6.45, 7) is 6.02. The van der Waals surface area contributed by atoms with E-state index in [0.29, 0.717) is 29.2 Å². The van der Waals surface area contributed by atoms with Crippen LogP contribution < -0.4 is 10.2 Å². The summed E-state index contributed by atoms with van der Waals surface area (Å²) < 4.78 is 16.8. The molecule has 6 rings (SSSR count). The Hall–Kier alpha value is -4.13. The predicted molar refractivity (Wildman–Crippen MR) is 136 cm³/mol. The molecule has 2 aliphatic carbocycles. The first-order valence-electron chi connectivity index (χ1n) is 12.9. The number of aromatic nitrogens is 4. The lowest BCUT2D eigenvalue weighted by Crippen LogP contribution is -2.43. The number of halogens is 1. The summed E-state index contributed by atoms with van der Waals surface area (Å²) in [4.78, 5) is 31.0. The molecule has 1 N–H and O–H groups in total. The number of rotatable bonds is 6. The average Bonchev–Trinajstić information content (AvgIpc) is 3.33. The maximum absolute atomic E-state index is 15.3. The maximum atomic E-state index is 15.3. The van der Waals surface area contributed by atoms with Crippen LogP contribution in [0.2, 0.25) is 0 Å². The van der Waals surface area contributed by atoms with Crippen LogP contribution >= 0.6 is 0 Å². The largest absolute Gasteiger partial charge is 0.348 e. The van der Waals surface area contributed by atoms with Gasteiger partial charge in [-0.2, -0.15) is 5.26 Å². The minimum absolute atomic E-state index is 0.00505. The van der Waals surface area contributed by atoms with Crippen LogP contribution in [-0.2, 0) is 4.79 Å². The second-order valence-corrected chi connectivity index (χ2v) is 10.8. The zero-order chi connectivity index (χ0) is 26.7. The zero-order valence-corrected chi connectivity index (χ0v) is 21.5. The molecule has 1 unspecified atom stereocenters. The number of carbonyl (C=O) groups is 2.